The lowest BCUT2D eigenvalue weighted by Crippen LogP contribution is -2.13. The van der Waals surface area contributed by atoms with E-state index in [2.05, 4.69) is 103 Å². The predicted molar refractivity (Wildman–Crippen MR) is 183 cm³/mol. The number of hydrogen-bond donors (Lipinski definition) is 2. The highest BCUT2D eigenvalue weighted by atomic mass is 16.3. The number of aryl methyl sites for hydroxylation is 5. The maximum atomic E-state index is 13.2. The lowest BCUT2D eigenvalue weighted by Gasteiger charge is -2.26. The van der Waals surface area contributed by atoms with Crippen molar-refractivity contribution in [1.82, 2.24) is 0 Å². The van der Waals surface area contributed by atoms with Crippen molar-refractivity contribution >= 4 is 39.4 Å². The number of carbonyl (C=O) groups excluding carboxylic acids is 1. The van der Waals surface area contributed by atoms with Crippen molar-refractivity contribution in [2.45, 2.75) is 33.6 Å². The van der Waals surface area contributed by atoms with Crippen molar-refractivity contribution in [3.8, 4) is 5.75 Å². The first-order chi connectivity index (χ1) is 21.4. The molecule has 0 aliphatic rings. The molecule has 0 spiro atoms. The summed E-state index contributed by atoms with van der Waals surface area (Å²) in [5, 5.41) is 15.6. The zero-order valence-corrected chi connectivity index (χ0v) is 25.3. The molecule has 0 bridgehead atoms. The molecule has 0 aliphatic heterocycles. The number of phenols is 1. The van der Waals surface area contributed by atoms with Crippen LogP contribution >= 0.6 is 0 Å². The zero-order valence-electron chi connectivity index (χ0n) is 25.3. The molecular weight excluding hydrogens is 540 g/mol. The van der Waals surface area contributed by atoms with Gasteiger partial charge in [-0.1, -0.05) is 83.9 Å². The molecule has 0 unspecified atom stereocenters. The number of benzene rings is 6. The SMILES string of the molecule is Cc1ccc(N(c2ccc(C)cc2)c2ccc(CCc3cccc(NC(=O)c4cc5ccccc5c(C)c4O)c3)cc2)cc1. The van der Waals surface area contributed by atoms with E-state index in [4.69, 9.17) is 0 Å². The number of fused-ring (bicyclic) bond motifs is 1. The number of carbonyl (C=O) groups is 1. The number of nitrogens with one attached hydrogen (secondary N) is 1. The first kappa shape index (κ1) is 28.8. The van der Waals surface area contributed by atoms with Crippen molar-refractivity contribution in [3.63, 3.8) is 0 Å². The van der Waals surface area contributed by atoms with Crippen molar-refractivity contribution in [3.05, 3.63) is 161 Å². The molecule has 4 heteroatoms. The van der Waals surface area contributed by atoms with Gasteiger partial charge in [-0.25, -0.2) is 0 Å². The summed E-state index contributed by atoms with van der Waals surface area (Å²) in [4.78, 5) is 15.5. The first-order valence-electron chi connectivity index (χ1n) is 15.0. The van der Waals surface area contributed by atoms with Gasteiger partial charge in [0.1, 0.15) is 5.75 Å². The molecule has 4 nitrogen and oxygen atoms in total. The largest absolute Gasteiger partial charge is 0.507 e. The Labute approximate surface area is 259 Å². The lowest BCUT2D eigenvalue weighted by molar-refractivity contribution is 0.102. The molecule has 0 aliphatic carbocycles. The number of amides is 1. The molecular formula is C40H36N2O2. The molecule has 0 aromatic heterocycles. The highest BCUT2D eigenvalue weighted by Gasteiger charge is 2.16. The summed E-state index contributed by atoms with van der Waals surface area (Å²) in [6.07, 6.45) is 1.71. The third kappa shape index (κ3) is 6.20. The molecule has 6 aromatic rings. The fraction of sp³-hybridized carbons (Fsp3) is 0.125. The Hall–Kier alpha value is -5.35. The van der Waals surface area contributed by atoms with Crippen LogP contribution in [0, 0.1) is 20.8 Å². The van der Waals surface area contributed by atoms with Crippen LogP contribution in [0.1, 0.15) is 38.2 Å². The Bertz CT molecular complexity index is 1880. The molecule has 0 atom stereocenters. The molecule has 6 rings (SSSR count). The molecule has 1 amide bonds. The highest BCUT2D eigenvalue weighted by Crippen LogP contribution is 2.35. The van der Waals surface area contributed by atoms with Crippen LogP contribution in [0.5, 0.6) is 5.75 Å². The minimum atomic E-state index is -0.323. The number of nitrogens with zero attached hydrogens (tertiary/aromatic N) is 1. The van der Waals surface area contributed by atoms with Gasteiger partial charge in [-0.05, 0) is 116 Å². The Morgan fingerprint density at radius 1 is 0.636 bits per heavy atom. The van der Waals surface area contributed by atoms with Gasteiger partial charge in [0, 0.05) is 22.7 Å². The van der Waals surface area contributed by atoms with Crippen molar-refractivity contribution in [1.29, 1.82) is 0 Å². The van der Waals surface area contributed by atoms with E-state index in [0.717, 1.165) is 46.2 Å². The zero-order chi connectivity index (χ0) is 30.6. The Kier molecular flexibility index (Phi) is 8.16. The second-order valence-corrected chi connectivity index (χ2v) is 11.4. The summed E-state index contributed by atoms with van der Waals surface area (Å²) in [7, 11) is 0. The summed E-state index contributed by atoms with van der Waals surface area (Å²) in [6, 6.07) is 43.4. The van der Waals surface area contributed by atoms with Crippen LogP contribution in [0.25, 0.3) is 10.8 Å². The fourth-order valence-electron chi connectivity index (χ4n) is 5.63. The summed E-state index contributed by atoms with van der Waals surface area (Å²) in [6.45, 7) is 6.05. The molecule has 0 heterocycles. The van der Waals surface area contributed by atoms with Crippen LogP contribution in [-0.2, 0) is 12.8 Å². The van der Waals surface area contributed by atoms with Crippen molar-refractivity contribution < 1.29 is 9.90 Å². The Balaban J connectivity index is 1.16. The summed E-state index contributed by atoms with van der Waals surface area (Å²) in [5.41, 5.74) is 9.89. The van der Waals surface area contributed by atoms with E-state index >= 15 is 0 Å². The Morgan fingerprint density at radius 2 is 1.20 bits per heavy atom. The average molecular weight is 577 g/mol. The van der Waals surface area contributed by atoms with Crippen LogP contribution in [0.3, 0.4) is 0 Å². The van der Waals surface area contributed by atoms with Gasteiger partial charge in [0.25, 0.3) is 5.91 Å². The van der Waals surface area contributed by atoms with Crippen molar-refractivity contribution in [2.24, 2.45) is 0 Å². The maximum absolute atomic E-state index is 13.2. The highest BCUT2D eigenvalue weighted by molar-refractivity contribution is 6.09. The second kappa shape index (κ2) is 12.5. The van der Waals surface area contributed by atoms with Crippen LogP contribution in [0.4, 0.5) is 22.7 Å². The molecule has 0 radical (unpaired) electrons. The molecule has 0 saturated heterocycles. The molecule has 6 aromatic carbocycles. The summed E-state index contributed by atoms with van der Waals surface area (Å²) in [5.74, 6) is -0.306. The molecule has 0 saturated carbocycles. The Morgan fingerprint density at radius 3 is 1.84 bits per heavy atom. The van der Waals surface area contributed by atoms with Gasteiger partial charge >= 0.3 is 0 Å². The van der Waals surface area contributed by atoms with Crippen LogP contribution in [0.15, 0.2) is 127 Å². The van der Waals surface area contributed by atoms with E-state index < -0.39 is 0 Å². The van der Waals surface area contributed by atoms with Gasteiger partial charge in [-0.2, -0.15) is 0 Å². The minimum Gasteiger partial charge on any atom is -0.507 e. The average Bonchev–Trinajstić information content (AvgIpc) is 3.04. The van der Waals surface area contributed by atoms with Crippen LogP contribution in [0.2, 0.25) is 0 Å². The first-order valence-corrected chi connectivity index (χ1v) is 15.0. The maximum Gasteiger partial charge on any atom is 0.259 e. The number of rotatable bonds is 8. The van der Waals surface area contributed by atoms with Crippen LogP contribution in [-0.4, -0.2) is 11.0 Å². The van der Waals surface area contributed by atoms with E-state index in [1.165, 1.54) is 16.7 Å². The predicted octanol–water partition coefficient (Wildman–Crippen LogP) is 9.98. The van der Waals surface area contributed by atoms with E-state index in [1.807, 2.05) is 49.4 Å². The van der Waals surface area contributed by atoms with E-state index in [9.17, 15) is 9.90 Å². The fourth-order valence-corrected chi connectivity index (χ4v) is 5.63. The third-order valence-electron chi connectivity index (χ3n) is 8.19. The number of aromatic hydroxyl groups is 1. The summed E-state index contributed by atoms with van der Waals surface area (Å²) < 4.78 is 0. The van der Waals surface area contributed by atoms with Gasteiger partial charge in [-0.15, -0.1) is 0 Å². The second-order valence-electron chi connectivity index (χ2n) is 11.4. The molecule has 44 heavy (non-hydrogen) atoms. The minimum absolute atomic E-state index is 0.0177. The monoisotopic (exact) mass is 576 g/mol. The molecule has 218 valence electrons. The number of anilines is 4. The van der Waals surface area contributed by atoms with Gasteiger partial charge in [0.15, 0.2) is 0 Å². The molecule has 0 fully saturated rings. The number of phenolic OH excluding ortho intramolecular Hbond substituents is 1. The normalized spacial score (nSPS) is 11.0. The van der Waals surface area contributed by atoms with E-state index in [1.54, 1.807) is 6.07 Å². The van der Waals surface area contributed by atoms with Gasteiger partial charge in [-0.3, -0.25) is 4.79 Å². The molecule has 2 N–H and O–H groups in total. The van der Waals surface area contributed by atoms with E-state index in [-0.39, 0.29) is 17.2 Å². The quantitative estimate of drug-likeness (QED) is 0.190. The lowest BCUT2D eigenvalue weighted by atomic mass is 9.99. The van der Waals surface area contributed by atoms with E-state index in [0.29, 0.717) is 11.3 Å². The van der Waals surface area contributed by atoms with Crippen LogP contribution < -0.4 is 10.2 Å². The standard InChI is InChI=1S/C40H36N2O2/c1-27-11-19-34(20-12-27)42(35-21-13-28(2)14-22-35)36-23-17-30(18-24-36)15-16-31-7-6-9-33(25-31)41-40(44)38-26-32-8-4-5-10-37(32)29(3)39(38)43/h4-14,17-26,43H,15-16H2,1-3H3,(H,41,44). The van der Waals surface area contributed by atoms with Gasteiger partial charge in [0.2, 0.25) is 0 Å². The van der Waals surface area contributed by atoms with Gasteiger partial charge in [0.05, 0.1) is 5.56 Å². The van der Waals surface area contributed by atoms with Crippen molar-refractivity contribution in [2.75, 3.05) is 10.2 Å². The van der Waals surface area contributed by atoms with Gasteiger partial charge < -0.3 is 15.3 Å². The smallest absolute Gasteiger partial charge is 0.259 e. The summed E-state index contributed by atoms with van der Waals surface area (Å²) >= 11 is 0. The topological polar surface area (TPSA) is 52.6 Å². The third-order valence-corrected chi connectivity index (χ3v) is 8.19. The number of hydrogen-bond acceptors (Lipinski definition) is 3.